The van der Waals surface area contributed by atoms with Crippen LogP contribution in [0.2, 0.25) is 0 Å². The van der Waals surface area contributed by atoms with E-state index < -0.39 is 0 Å². The van der Waals surface area contributed by atoms with Crippen LogP contribution in [0.15, 0.2) is 10.9 Å². The molecular weight excluding hydrogens is 274 g/mol. The Bertz CT molecular complexity index is 491. The third-order valence-corrected chi connectivity index (χ3v) is 4.51. The van der Waals surface area contributed by atoms with Crippen molar-refractivity contribution in [1.82, 2.24) is 4.57 Å². The van der Waals surface area contributed by atoms with Gasteiger partial charge in [-0.2, -0.15) is 0 Å². The maximum Gasteiger partial charge on any atom is 0.256 e. The molecule has 3 nitrogen and oxygen atoms in total. The van der Waals surface area contributed by atoms with E-state index in [1.54, 1.807) is 6.07 Å². The zero-order chi connectivity index (χ0) is 16.4. The lowest BCUT2D eigenvalue weighted by molar-refractivity contribution is 0.397. The van der Waals surface area contributed by atoms with Gasteiger partial charge < -0.3 is 5.11 Å². The molecule has 0 amide bonds. The number of aryl methyl sites for hydroxylation is 1. The summed E-state index contributed by atoms with van der Waals surface area (Å²) in [4.78, 5) is 12.1. The van der Waals surface area contributed by atoms with E-state index >= 15 is 0 Å². The van der Waals surface area contributed by atoms with Crippen LogP contribution in [0.5, 0.6) is 5.88 Å². The number of hydrogen-bond acceptors (Lipinski definition) is 2. The van der Waals surface area contributed by atoms with E-state index in [1.165, 1.54) is 55.9 Å². The lowest BCUT2D eigenvalue weighted by Gasteiger charge is -2.11. The van der Waals surface area contributed by atoms with Crippen molar-refractivity contribution in [1.29, 1.82) is 0 Å². The Balaban J connectivity index is 2.18. The van der Waals surface area contributed by atoms with Crippen molar-refractivity contribution in [2.24, 2.45) is 0 Å². The smallest absolute Gasteiger partial charge is 0.256 e. The molecule has 0 atom stereocenters. The van der Waals surface area contributed by atoms with Crippen molar-refractivity contribution in [3.63, 3.8) is 0 Å². The van der Waals surface area contributed by atoms with Gasteiger partial charge in [0.15, 0.2) is 5.88 Å². The Kier molecular flexibility index (Phi) is 8.95. The molecule has 1 aromatic heterocycles. The molecule has 0 aromatic carbocycles. The lowest BCUT2D eigenvalue weighted by atomic mass is 10.1. The van der Waals surface area contributed by atoms with Gasteiger partial charge in [0.05, 0.1) is 0 Å². The minimum absolute atomic E-state index is 0.0478. The first-order valence-corrected chi connectivity index (χ1v) is 8.98. The fourth-order valence-corrected chi connectivity index (χ4v) is 2.83. The second kappa shape index (κ2) is 10.5. The first-order valence-electron chi connectivity index (χ1n) is 8.98. The van der Waals surface area contributed by atoms with Crippen LogP contribution >= 0.6 is 0 Å². The Labute approximate surface area is 135 Å². The van der Waals surface area contributed by atoms with Gasteiger partial charge in [-0.1, -0.05) is 64.7 Å². The Morgan fingerprint density at radius 1 is 0.909 bits per heavy atom. The molecule has 3 heteroatoms. The van der Waals surface area contributed by atoms with Gasteiger partial charge in [-0.15, -0.1) is 0 Å². The van der Waals surface area contributed by atoms with E-state index in [-0.39, 0.29) is 11.4 Å². The maximum atomic E-state index is 12.1. The molecule has 22 heavy (non-hydrogen) atoms. The number of unbranched alkanes of at least 4 members (excludes halogenated alkanes) is 9. The first-order chi connectivity index (χ1) is 10.6. The van der Waals surface area contributed by atoms with Gasteiger partial charge in [-0.05, 0) is 25.8 Å². The first kappa shape index (κ1) is 18.8. The molecule has 0 aliphatic rings. The van der Waals surface area contributed by atoms with Crippen molar-refractivity contribution in [2.75, 3.05) is 0 Å². The Morgan fingerprint density at radius 2 is 1.41 bits per heavy atom. The minimum Gasteiger partial charge on any atom is -0.494 e. The topological polar surface area (TPSA) is 42.2 Å². The summed E-state index contributed by atoms with van der Waals surface area (Å²) in [5.74, 6) is 0.101. The molecule has 0 bridgehead atoms. The normalized spacial score (nSPS) is 11.0. The molecule has 1 N–H and O–H groups in total. The zero-order valence-corrected chi connectivity index (χ0v) is 14.7. The summed E-state index contributed by atoms with van der Waals surface area (Å²) in [5.41, 5.74) is 1.56. The second-order valence-electron chi connectivity index (χ2n) is 6.45. The van der Waals surface area contributed by atoms with Crippen LogP contribution in [0, 0.1) is 13.8 Å². The average Bonchev–Trinajstić information content (AvgIpc) is 2.50. The van der Waals surface area contributed by atoms with Crippen molar-refractivity contribution < 1.29 is 5.11 Å². The van der Waals surface area contributed by atoms with E-state index in [0.717, 1.165) is 24.0 Å². The molecule has 1 heterocycles. The molecule has 1 aromatic rings. The number of aromatic nitrogens is 1. The molecule has 0 unspecified atom stereocenters. The summed E-state index contributed by atoms with van der Waals surface area (Å²) < 4.78 is 1.51. The van der Waals surface area contributed by atoms with Crippen molar-refractivity contribution >= 4 is 0 Å². The van der Waals surface area contributed by atoms with Crippen LogP contribution in [-0.2, 0) is 6.54 Å². The summed E-state index contributed by atoms with van der Waals surface area (Å²) in [6, 6.07) is 1.69. The van der Waals surface area contributed by atoms with Gasteiger partial charge in [0.1, 0.15) is 0 Å². The third kappa shape index (κ3) is 6.25. The van der Waals surface area contributed by atoms with Gasteiger partial charge in [0.25, 0.3) is 5.56 Å². The molecule has 0 fully saturated rings. The van der Waals surface area contributed by atoms with Gasteiger partial charge in [0.2, 0.25) is 0 Å². The van der Waals surface area contributed by atoms with Crippen LogP contribution in [0.1, 0.15) is 82.3 Å². The molecule has 0 saturated carbocycles. The van der Waals surface area contributed by atoms with Crippen LogP contribution in [0.25, 0.3) is 0 Å². The summed E-state index contributed by atoms with van der Waals surface area (Å²) >= 11 is 0. The fourth-order valence-electron chi connectivity index (χ4n) is 2.83. The van der Waals surface area contributed by atoms with Crippen molar-refractivity contribution in [3.05, 3.63) is 27.5 Å². The Hall–Kier alpha value is -1.25. The second-order valence-corrected chi connectivity index (χ2v) is 6.45. The summed E-state index contributed by atoms with van der Waals surface area (Å²) in [6.45, 7) is 6.56. The summed E-state index contributed by atoms with van der Waals surface area (Å²) in [6.07, 6.45) is 12.7. The molecule has 0 spiro atoms. The standard InChI is InChI=1S/C19H33NO2/c1-4-5-6-7-8-9-10-11-12-13-14-20-18(21)15-16(2)17(3)19(20)22/h15,21H,4-14H2,1-3H3. The van der Waals surface area contributed by atoms with E-state index in [2.05, 4.69) is 6.92 Å². The highest BCUT2D eigenvalue weighted by atomic mass is 16.3. The number of aromatic hydroxyl groups is 1. The van der Waals surface area contributed by atoms with Gasteiger partial charge >= 0.3 is 0 Å². The highest BCUT2D eigenvalue weighted by molar-refractivity contribution is 5.27. The maximum absolute atomic E-state index is 12.1. The van der Waals surface area contributed by atoms with Gasteiger partial charge in [-0.25, -0.2) is 0 Å². The van der Waals surface area contributed by atoms with E-state index in [1.807, 2.05) is 13.8 Å². The summed E-state index contributed by atoms with van der Waals surface area (Å²) in [5, 5.41) is 9.90. The third-order valence-electron chi connectivity index (χ3n) is 4.51. The number of pyridine rings is 1. The molecule has 0 aliphatic heterocycles. The van der Waals surface area contributed by atoms with Crippen LogP contribution in [-0.4, -0.2) is 9.67 Å². The van der Waals surface area contributed by atoms with Crippen LogP contribution in [0.3, 0.4) is 0 Å². The fraction of sp³-hybridized carbons (Fsp3) is 0.737. The zero-order valence-electron chi connectivity index (χ0n) is 14.7. The molecular formula is C19H33NO2. The Morgan fingerprint density at radius 3 is 1.95 bits per heavy atom. The largest absolute Gasteiger partial charge is 0.494 e. The van der Waals surface area contributed by atoms with Crippen LogP contribution in [0.4, 0.5) is 0 Å². The summed E-state index contributed by atoms with van der Waals surface area (Å²) in [7, 11) is 0. The van der Waals surface area contributed by atoms with Crippen molar-refractivity contribution in [2.45, 2.75) is 91.5 Å². The molecule has 0 aliphatic carbocycles. The van der Waals surface area contributed by atoms with Crippen molar-refractivity contribution in [3.8, 4) is 5.88 Å². The average molecular weight is 307 g/mol. The monoisotopic (exact) mass is 307 g/mol. The van der Waals surface area contributed by atoms with Gasteiger partial charge in [0, 0.05) is 18.2 Å². The van der Waals surface area contributed by atoms with Crippen LogP contribution < -0.4 is 5.56 Å². The SMILES string of the molecule is CCCCCCCCCCCCn1c(O)cc(C)c(C)c1=O. The molecule has 0 radical (unpaired) electrons. The molecule has 1 rings (SSSR count). The number of rotatable bonds is 11. The quantitative estimate of drug-likeness (QED) is 0.578. The van der Waals surface area contributed by atoms with E-state index in [0.29, 0.717) is 6.54 Å². The highest BCUT2D eigenvalue weighted by Gasteiger charge is 2.07. The lowest BCUT2D eigenvalue weighted by Crippen LogP contribution is -2.23. The number of nitrogens with zero attached hydrogens (tertiary/aromatic N) is 1. The number of hydrogen-bond donors (Lipinski definition) is 1. The predicted octanol–water partition coefficient (Wildman–Crippen LogP) is 5.09. The van der Waals surface area contributed by atoms with E-state index in [9.17, 15) is 9.90 Å². The predicted molar refractivity (Wildman–Crippen MR) is 93.7 cm³/mol. The van der Waals surface area contributed by atoms with Gasteiger partial charge in [-0.3, -0.25) is 9.36 Å². The van der Waals surface area contributed by atoms with E-state index in [4.69, 9.17) is 0 Å². The molecule has 0 saturated heterocycles. The highest BCUT2D eigenvalue weighted by Crippen LogP contribution is 2.14. The molecule has 126 valence electrons. The minimum atomic E-state index is -0.0478.